The Bertz CT molecular complexity index is 968. The van der Waals surface area contributed by atoms with Crippen molar-refractivity contribution in [2.75, 3.05) is 6.61 Å². The van der Waals surface area contributed by atoms with Gasteiger partial charge in [-0.3, -0.25) is 9.59 Å². The molecule has 2 aliphatic rings. The largest absolute Gasteiger partial charge is 0.491 e. The van der Waals surface area contributed by atoms with E-state index in [4.69, 9.17) is 9.47 Å². The molecule has 190 valence electrons. The molecule has 1 aromatic heterocycles. The summed E-state index contributed by atoms with van der Waals surface area (Å²) in [5, 5.41) is 10.7. The second-order valence-electron chi connectivity index (χ2n) is 11.7. The van der Waals surface area contributed by atoms with Crippen molar-refractivity contribution < 1.29 is 19.1 Å². The quantitative estimate of drug-likeness (QED) is 0.594. The topological polar surface area (TPSA) is 112 Å². The van der Waals surface area contributed by atoms with Crippen LogP contribution in [0.25, 0.3) is 0 Å². The van der Waals surface area contributed by atoms with Gasteiger partial charge in [0.15, 0.2) is 0 Å². The SMILES string of the molecule is CC(C)COc1cc(=O)n(CC(=O)NC23CCC(NC(=O)OC(C)(C)C)(CC2)C3)nc1C(C)C. The van der Waals surface area contributed by atoms with Gasteiger partial charge >= 0.3 is 6.09 Å². The molecule has 2 saturated carbocycles. The first kappa shape index (κ1) is 26.0. The number of aromatic nitrogens is 2. The maximum absolute atomic E-state index is 12.9. The Morgan fingerprint density at radius 1 is 1.09 bits per heavy atom. The van der Waals surface area contributed by atoms with E-state index >= 15 is 0 Å². The number of rotatable bonds is 8. The number of amides is 2. The number of alkyl carbamates (subject to hydrolysis) is 1. The van der Waals surface area contributed by atoms with Crippen LogP contribution in [0.3, 0.4) is 0 Å². The fourth-order valence-electron chi connectivity index (χ4n) is 4.91. The molecule has 2 amide bonds. The molecule has 2 fully saturated rings. The minimum atomic E-state index is -0.562. The van der Waals surface area contributed by atoms with Gasteiger partial charge in [0, 0.05) is 23.1 Å². The Hall–Kier alpha value is -2.58. The minimum Gasteiger partial charge on any atom is -0.491 e. The van der Waals surface area contributed by atoms with Crippen LogP contribution >= 0.6 is 0 Å². The third-order valence-corrected chi connectivity index (χ3v) is 6.41. The van der Waals surface area contributed by atoms with Gasteiger partial charge in [-0.15, -0.1) is 0 Å². The van der Waals surface area contributed by atoms with Gasteiger partial charge in [0.1, 0.15) is 23.6 Å². The molecule has 0 radical (unpaired) electrons. The highest BCUT2D eigenvalue weighted by molar-refractivity contribution is 5.77. The number of carbonyl (C=O) groups excluding carboxylic acids is 2. The van der Waals surface area contributed by atoms with Crippen molar-refractivity contribution in [3.8, 4) is 5.75 Å². The second kappa shape index (κ2) is 9.58. The van der Waals surface area contributed by atoms with Crippen LogP contribution in [0.15, 0.2) is 10.9 Å². The average Bonchev–Trinajstić information content (AvgIpc) is 3.20. The van der Waals surface area contributed by atoms with Gasteiger partial charge in [-0.1, -0.05) is 27.7 Å². The van der Waals surface area contributed by atoms with Crippen LogP contribution in [0, 0.1) is 5.92 Å². The number of hydrogen-bond acceptors (Lipinski definition) is 6. The first-order valence-electron chi connectivity index (χ1n) is 12.3. The van der Waals surface area contributed by atoms with E-state index in [9.17, 15) is 14.4 Å². The van der Waals surface area contributed by atoms with Crippen LogP contribution in [0.1, 0.15) is 92.2 Å². The third kappa shape index (κ3) is 6.30. The van der Waals surface area contributed by atoms with Crippen LogP contribution in [0.4, 0.5) is 4.79 Å². The first-order chi connectivity index (χ1) is 15.7. The molecule has 0 unspecified atom stereocenters. The van der Waals surface area contributed by atoms with Crippen molar-refractivity contribution in [3.63, 3.8) is 0 Å². The summed E-state index contributed by atoms with van der Waals surface area (Å²) >= 11 is 0. The van der Waals surface area contributed by atoms with Crippen molar-refractivity contribution in [1.82, 2.24) is 20.4 Å². The molecule has 1 heterocycles. The lowest BCUT2D eigenvalue weighted by Gasteiger charge is -2.30. The molecule has 34 heavy (non-hydrogen) atoms. The summed E-state index contributed by atoms with van der Waals surface area (Å²) in [5.41, 5.74) is -1.00. The summed E-state index contributed by atoms with van der Waals surface area (Å²) in [6, 6.07) is 1.43. The summed E-state index contributed by atoms with van der Waals surface area (Å²) in [5.74, 6) is 0.589. The predicted octanol–water partition coefficient (Wildman–Crippen LogP) is 3.50. The number of nitrogens with zero attached hydrogens (tertiary/aromatic N) is 2. The van der Waals surface area contributed by atoms with E-state index in [-0.39, 0.29) is 35.0 Å². The van der Waals surface area contributed by atoms with Gasteiger partial charge in [0.2, 0.25) is 5.91 Å². The van der Waals surface area contributed by atoms with E-state index < -0.39 is 11.7 Å². The Morgan fingerprint density at radius 2 is 1.68 bits per heavy atom. The van der Waals surface area contributed by atoms with Crippen molar-refractivity contribution in [2.24, 2.45) is 5.92 Å². The maximum Gasteiger partial charge on any atom is 0.408 e. The lowest BCUT2D eigenvalue weighted by atomic mass is 9.91. The van der Waals surface area contributed by atoms with E-state index in [0.717, 1.165) is 25.7 Å². The Kier molecular flexibility index (Phi) is 7.34. The molecule has 0 atom stereocenters. The number of fused-ring (bicyclic) bond motifs is 2. The third-order valence-electron chi connectivity index (χ3n) is 6.41. The van der Waals surface area contributed by atoms with E-state index in [1.54, 1.807) is 0 Å². The molecule has 9 nitrogen and oxygen atoms in total. The molecule has 0 aliphatic heterocycles. The van der Waals surface area contributed by atoms with Crippen LogP contribution in [-0.4, -0.2) is 45.1 Å². The van der Waals surface area contributed by atoms with Gasteiger partial charge in [-0.25, -0.2) is 9.48 Å². The minimum absolute atomic E-state index is 0.0416. The highest BCUT2D eigenvalue weighted by Crippen LogP contribution is 2.50. The molecule has 2 N–H and O–H groups in total. The fourth-order valence-corrected chi connectivity index (χ4v) is 4.91. The zero-order valence-corrected chi connectivity index (χ0v) is 21.6. The summed E-state index contributed by atoms with van der Waals surface area (Å²) < 4.78 is 12.4. The van der Waals surface area contributed by atoms with E-state index in [1.807, 2.05) is 48.5 Å². The summed E-state index contributed by atoms with van der Waals surface area (Å²) in [6.45, 7) is 13.9. The van der Waals surface area contributed by atoms with Crippen molar-refractivity contribution >= 4 is 12.0 Å². The van der Waals surface area contributed by atoms with E-state index in [1.165, 1.54) is 10.7 Å². The summed E-state index contributed by atoms with van der Waals surface area (Å²) in [4.78, 5) is 37.9. The Labute approximate surface area is 202 Å². The van der Waals surface area contributed by atoms with E-state index in [0.29, 0.717) is 30.4 Å². The molecule has 0 spiro atoms. The number of nitrogens with one attached hydrogen (secondary N) is 2. The predicted molar refractivity (Wildman–Crippen MR) is 129 cm³/mol. The molecule has 3 rings (SSSR count). The monoisotopic (exact) mass is 476 g/mol. The van der Waals surface area contributed by atoms with Gasteiger partial charge < -0.3 is 20.1 Å². The van der Waals surface area contributed by atoms with Crippen LogP contribution in [-0.2, 0) is 16.1 Å². The smallest absolute Gasteiger partial charge is 0.408 e. The molecule has 0 saturated heterocycles. The molecular formula is C25H40N4O5. The maximum atomic E-state index is 12.9. The molecule has 1 aromatic rings. The molecule has 9 heteroatoms. The van der Waals surface area contributed by atoms with Gasteiger partial charge in [0.05, 0.1) is 6.61 Å². The summed E-state index contributed by atoms with van der Waals surface area (Å²) in [6.07, 6.45) is 3.35. The lowest BCUT2D eigenvalue weighted by Crippen LogP contribution is -2.48. The highest BCUT2D eigenvalue weighted by atomic mass is 16.6. The van der Waals surface area contributed by atoms with Crippen molar-refractivity contribution in [3.05, 3.63) is 22.1 Å². The summed E-state index contributed by atoms with van der Waals surface area (Å²) in [7, 11) is 0. The number of hydrogen-bond donors (Lipinski definition) is 2. The van der Waals surface area contributed by atoms with Crippen LogP contribution in [0.2, 0.25) is 0 Å². The van der Waals surface area contributed by atoms with Crippen LogP contribution < -0.4 is 20.9 Å². The molecule has 2 aliphatic carbocycles. The van der Waals surface area contributed by atoms with Crippen LogP contribution in [0.5, 0.6) is 5.75 Å². The Balaban J connectivity index is 1.66. The zero-order valence-electron chi connectivity index (χ0n) is 21.6. The molecular weight excluding hydrogens is 436 g/mol. The molecule has 2 bridgehead atoms. The van der Waals surface area contributed by atoms with Crippen molar-refractivity contribution in [2.45, 2.75) is 110 Å². The Morgan fingerprint density at radius 3 is 2.21 bits per heavy atom. The van der Waals surface area contributed by atoms with E-state index in [2.05, 4.69) is 15.7 Å². The standard InChI is InChI=1S/C25H40N4O5/c1-16(2)14-33-18-12-20(31)29(28-21(18)17(3)4)13-19(30)26-24-8-10-25(15-24,11-9-24)27-22(32)34-23(5,6)7/h12,16-17H,8-11,13-15H2,1-7H3,(H,26,30)(H,27,32). The second-order valence-corrected chi connectivity index (χ2v) is 11.7. The molecule has 0 aromatic carbocycles. The first-order valence-corrected chi connectivity index (χ1v) is 12.3. The lowest BCUT2D eigenvalue weighted by molar-refractivity contribution is -0.123. The number of carbonyl (C=O) groups is 2. The zero-order chi connectivity index (χ0) is 25.3. The van der Waals surface area contributed by atoms with Gasteiger partial charge in [-0.05, 0) is 58.8 Å². The van der Waals surface area contributed by atoms with Crippen molar-refractivity contribution in [1.29, 1.82) is 0 Å². The fraction of sp³-hybridized carbons (Fsp3) is 0.760. The highest BCUT2D eigenvalue weighted by Gasteiger charge is 2.56. The average molecular weight is 477 g/mol. The normalized spacial score (nSPS) is 23.9. The number of ether oxygens (including phenoxy) is 2. The van der Waals surface area contributed by atoms with Gasteiger partial charge in [0.25, 0.3) is 5.56 Å². The van der Waals surface area contributed by atoms with Gasteiger partial charge in [-0.2, -0.15) is 5.10 Å².